The minimum Gasteiger partial charge on any atom is -0.382 e. The van der Waals surface area contributed by atoms with Gasteiger partial charge in [0.15, 0.2) is 11.5 Å². The van der Waals surface area contributed by atoms with Crippen LogP contribution in [0.3, 0.4) is 0 Å². The molecule has 2 amide bonds. The molecule has 1 aliphatic carbocycles. The number of nitrogens with zero attached hydrogens (tertiary/aromatic N) is 4. The molecule has 2 heterocycles. The van der Waals surface area contributed by atoms with E-state index in [1.807, 2.05) is 4.90 Å². The van der Waals surface area contributed by atoms with Crippen molar-refractivity contribution < 1.29 is 9.59 Å². The molecule has 0 spiro atoms. The maximum absolute atomic E-state index is 12.4. The molecule has 1 aromatic rings. The molecule has 1 aliphatic heterocycles. The number of piperazine rings is 1. The molecule has 2 N–H and O–H groups in total. The lowest BCUT2D eigenvalue weighted by Crippen LogP contribution is -2.51. The molecule has 1 saturated carbocycles. The Balaban J connectivity index is 1.52. The number of nitrogens with two attached hydrogens (primary N) is 1. The van der Waals surface area contributed by atoms with E-state index < -0.39 is 0 Å². The molecule has 7 heteroatoms. The third-order valence-electron chi connectivity index (χ3n) is 4.79. The summed E-state index contributed by atoms with van der Waals surface area (Å²) >= 11 is 0. The fourth-order valence-electron chi connectivity index (χ4n) is 3.41. The Morgan fingerprint density at radius 1 is 1.04 bits per heavy atom. The van der Waals surface area contributed by atoms with Gasteiger partial charge in [-0.3, -0.25) is 9.59 Å². The molecule has 124 valence electrons. The van der Waals surface area contributed by atoms with Crippen molar-refractivity contribution in [1.29, 1.82) is 0 Å². The first kappa shape index (κ1) is 15.7. The molecular formula is C16H23N5O2. The monoisotopic (exact) mass is 317 g/mol. The maximum atomic E-state index is 12.4. The molecule has 1 saturated heterocycles. The zero-order valence-corrected chi connectivity index (χ0v) is 13.3. The van der Waals surface area contributed by atoms with Crippen LogP contribution in [-0.2, 0) is 4.79 Å². The van der Waals surface area contributed by atoms with E-state index in [1.54, 1.807) is 4.90 Å². The summed E-state index contributed by atoms with van der Waals surface area (Å²) in [5.74, 6) is 0.722. The fraction of sp³-hybridized carbons (Fsp3) is 0.625. The largest absolute Gasteiger partial charge is 0.382 e. The second-order valence-corrected chi connectivity index (χ2v) is 6.32. The molecule has 0 radical (unpaired) electrons. The molecule has 0 bridgehead atoms. The number of hydrogen-bond acceptors (Lipinski definition) is 5. The highest BCUT2D eigenvalue weighted by molar-refractivity contribution is 5.96. The van der Waals surface area contributed by atoms with Crippen molar-refractivity contribution >= 4 is 17.6 Å². The van der Waals surface area contributed by atoms with E-state index in [2.05, 4.69) is 9.97 Å². The molecule has 0 aromatic carbocycles. The van der Waals surface area contributed by atoms with Gasteiger partial charge in [0, 0.05) is 45.0 Å². The smallest absolute Gasteiger partial charge is 0.276 e. The lowest BCUT2D eigenvalue weighted by Gasteiger charge is -2.35. The summed E-state index contributed by atoms with van der Waals surface area (Å²) in [7, 11) is 0. The summed E-state index contributed by atoms with van der Waals surface area (Å²) in [6.45, 7) is 2.20. The lowest BCUT2D eigenvalue weighted by molar-refractivity contribution is -0.133. The number of carbonyl (C=O) groups excluding carboxylic acids is 2. The van der Waals surface area contributed by atoms with E-state index in [1.165, 1.54) is 38.1 Å². The highest BCUT2D eigenvalue weighted by Crippen LogP contribution is 2.28. The first-order valence-corrected chi connectivity index (χ1v) is 8.28. The Bertz CT molecular complexity index is 578. The van der Waals surface area contributed by atoms with E-state index in [0.717, 1.165) is 0 Å². The Morgan fingerprint density at radius 2 is 1.65 bits per heavy atom. The minimum absolute atomic E-state index is 0.150. The van der Waals surface area contributed by atoms with Crippen LogP contribution in [0.4, 0.5) is 5.82 Å². The van der Waals surface area contributed by atoms with Gasteiger partial charge in [0.1, 0.15) is 0 Å². The summed E-state index contributed by atoms with van der Waals surface area (Å²) < 4.78 is 0. The topological polar surface area (TPSA) is 92.4 Å². The molecule has 2 fully saturated rings. The first-order chi connectivity index (χ1) is 11.1. The minimum atomic E-state index is -0.210. The van der Waals surface area contributed by atoms with Crippen LogP contribution in [-0.4, -0.2) is 57.8 Å². The Labute approximate surface area is 135 Å². The van der Waals surface area contributed by atoms with Crippen LogP contribution in [0.5, 0.6) is 0 Å². The van der Waals surface area contributed by atoms with Crippen molar-refractivity contribution in [3.63, 3.8) is 0 Å². The van der Waals surface area contributed by atoms with E-state index in [0.29, 0.717) is 38.5 Å². The molecule has 2 aliphatic rings. The Kier molecular flexibility index (Phi) is 4.73. The summed E-state index contributed by atoms with van der Waals surface area (Å²) in [5, 5.41) is 0. The van der Waals surface area contributed by atoms with Gasteiger partial charge in [-0.1, -0.05) is 12.8 Å². The van der Waals surface area contributed by atoms with Crippen LogP contribution in [0.25, 0.3) is 0 Å². The predicted octanol–water partition coefficient (Wildman–Crippen LogP) is 0.923. The molecule has 1 aromatic heterocycles. The molecule has 0 unspecified atom stereocenters. The average Bonchev–Trinajstić information content (AvgIpc) is 3.08. The summed E-state index contributed by atoms with van der Waals surface area (Å²) in [6, 6.07) is 0. The van der Waals surface area contributed by atoms with E-state index >= 15 is 0 Å². The normalized spacial score (nSPS) is 19.1. The van der Waals surface area contributed by atoms with Gasteiger partial charge in [0.05, 0.1) is 0 Å². The summed E-state index contributed by atoms with van der Waals surface area (Å²) in [5.41, 5.74) is 5.90. The maximum Gasteiger partial charge on any atom is 0.276 e. The fourth-order valence-corrected chi connectivity index (χ4v) is 3.41. The quantitative estimate of drug-likeness (QED) is 0.895. The van der Waals surface area contributed by atoms with Gasteiger partial charge < -0.3 is 15.5 Å². The van der Waals surface area contributed by atoms with Gasteiger partial charge in [0.25, 0.3) is 5.91 Å². The van der Waals surface area contributed by atoms with Crippen LogP contribution in [0.15, 0.2) is 12.4 Å². The van der Waals surface area contributed by atoms with Gasteiger partial charge in [-0.15, -0.1) is 0 Å². The molecule has 23 heavy (non-hydrogen) atoms. The van der Waals surface area contributed by atoms with Crippen molar-refractivity contribution in [1.82, 2.24) is 19.8 Å². The molecule has 0 atom stereocenters. The first-order valence-electron chi connectivity index (χ1n) is 8.28. The van der Waals surface area contributed by atoms with Gasteiger partial charge in [-0.05, 0) is 18.8 Å². The number of carbonyl (C=O) groups is 2. The van der Waals surface area contributed by atoms with Crippen molar-refractivity contribution in [2.24, 2.45) is 5.92 Å². The number of anilines is 1. The Hall–Kier alpha value is -2.18. The van der Waals surface area contributed by atoms with Gasteiger partial charge >= 0.3 is 0 Å². The molecule has 3 rings (SSSR count). The Morgan fingerprint density at radius 3 is 2.30 bits per heavy atom. The van der Waals surface area contributed by atoms with Crippen molar-refractivity contribution in [3.8, 4) is 0 Å². The van der Waals surface area contributed by atoms with Gasteiger partial charge in [0.2, 0.25) is 5.91 Å². The van der Waals surface area contributed by atoms with Crippen molar-refractivity contribution in [3.05, 3.63) is 18.1 Å². The van der Waals surface area contributed by atoms with Gasteiger partial charge in [-0.2, -0.15) is 0 Å². The highest BCUT2D eigenvalue weighted by Gasteiger charge is 2.28. The average molecular weight is 317 g/mol. The standard InChI is InChI=1S/C16H23N5O2/c17-15-14(18-5-6-19-15)16(23)21-9-7-20(8-10-21)13(22)11-12-3-1-2-4-12/h5-6,12H,1-4,7-11H2,(H2,17,19). The predicted molar refractivity (Wildman–Crippen MR) is 85.5 cm³/mol. The van der Waals surface area contributed by atoms with Crippen molar-refractivity contribution in [2.45, 2.75) is 32.1 Å². The number of amides is 2. The zero-order chi connectivity index (χ0) is 16.2. The van der Waals surface area contributed by atoms with E-state index in [9.17, 15) is 9.59 Å². The van der Waals surface area contributed by atoms with Crippen LogP contribution in [0.1, 0.15) is 42.6 Å². The van der Waals surface area contributed by atoms with Crippen molar-refractivity contribution in [2.75, 3.05) is 31.9 Å². The number of nitrogen functional groups attached to an aromatic ring is 1. The number of aromatic nitrogens is 2. The van der Waals surface area contributed by atoms with Crippen LogP contribution in [0.2, 0.25) is 0 Å². The number of hydrogen-bond donors (Lipinski definition) is 1. The highest BCUT2D eigenvalue weighted by atomic mass is 16.2. The molecular weight excluding hydrogens is 294 g/mol. The third kappa shape index (κ3) is 3.60. The summed E-state index contributed by atoms with van der Waals surface area (Å²) in [6.07, 6.45) is 8.44. The van der Waals surface area contributed by atoms with Gasteiger partial charge in [-0.25, -0.2) is 9.97 Å². The van der Waals surface area contributed by atoms with Crippen LogP contribution >= 0.6 is 0 Å². The SMILES string of the molecule is Nc1nccnc1C(=O)N1CCN(C(=O)CC2CCCC2)CC1. The van der Waals surface area contributed by atoms with Crippen LogP contribution < -0.4 is 5.73 Å². The number of rotatable bonds is 3. The second-order valence-electron chi connectivity index (χ2n) is 6.32. The lowest BCUT2D eigenvalue weighted by atomic mass is 10.0. The molecule has 7 nitrogen and oxygen atoms in total. The summed E-state index contributed by atoms with van der Waals surface area (Å²) in [4.78, 5) is 36.2. The third-order valence-corrected chi connectivity index (χ3v) is 4.79. The van der Waals surface area contributed by atoms with E-state index in [-0.39, 0.29) is 23.3 Å². The zero-order valence-electron chi connectivity index (χ0n) is 13.3. The van der Waals surface area contributed by atoms with Crippen LogP contribution in [0, 0.1) is 5.92 Å². The second kappa shape index (κ2) is 6.93. The van der Waals surface area contributed by atoms with E-state index in [4.69, 9.17) is 5.73 Å².